The molecule has 2 aromatic heterocycles. The second-order valence-electron chi connectivity index (χ2n) is 6.67. The molecule has 5 N–H and O–H groups in total. The fourth-order valence-corrected chi connectivity index (χ4v) is 3.64. The van der Waals surface area contributed by atoms with Crippen LogP contribution in [-0.4, -0.2) is 26.4 Å². The topological polar surface area (TPSA) is 120 Å². The van der Waals surface area contributed by atoms with Crippen LogP contribution in [0.3, 0.4) is 0 Å². The molecule has 0 atom stereocenters. The van der Waals surface area contributed by atoms with Crippen LogP contribution in [0.2, 0.25) is 5.02 Å². The van der Waals surface area contributed by atoms with E-state index in [1.807, 2.05) is 0 Å². The molecule has 0 spiro atoms. The maximum atomic E-state index is 11.7. The lowest BCUT2D eigenvalue weighted by Crippen LogP contribution is -2.63. The molecule has 128 valence electrons. The predicted octanol–water partition coefficient (Wildman–Crippen LogP) is 1.94. The molecule has 0 radical (unpaired) electrons. The van der Waals surface area contributed by atoms with Crippen molar-refractivity contribution in [1.29, 1.82) is 0 Å². The highest BCUT2D eigenvalue weighted by molar-refractivity contribution is 6.30. The summed E-state index contributed by atoms with van der Waals surface area (Å²) in [5.41, 5.74) is 13.5. The summed E-state index contributed by atoms with van der Waals surface area (Å²) >= 11 is 5.83. The third kappa shape index (κ3) is 2.70. The number of primary amides is 1. The van der Waals surface area contributed by atoms with E-state index < -0.39 is 5.91 Å². The Morgan fingerprint density at radius 2 is 1.92 bits per heavy atom. The van der Waals surface area contributed by atoms with Crippen molar-refractivity contribution in [1.82, 2.24) is 15.0 Å². The van der Waals surface area contributed by atoms with E-state index >= 15 is 0 Å². The molecule has 0 aliphatic heterocycles. The van der Waals surface area contributed by atoms with Gasteiger partial charge in [0.15, 0.2) is 5.82 Å². The minimum absolute atomic E-state index is 0.0941. The zero-order valence-corrected chi connectivity index (χ0v) is 14.1. The van der Waals surface area contributed by atoms with E-state index in [9.17, 15) is 4.79 Å². The van der Waals surface area contributed by atoms with E-state index in [4.69, 9.17) is 23.1 Å². The number of hydrogen-bond donors (Lipinski definition) is 3. The number of anilines is 1. The van der Waals surface area contributed by atoms with Gasteiger partial charge in [0, 0.05) is 30.3 Å². The van der Waals surface area contributed by atoms with Crippen LogP contribution in [0.25, 0.3) is 5.57 Å². The maximum Gasteiger partial charge on any atom is 0.252 e. The lowest BCUT2D eigenvalue weighted by atomic mass is 9.50. The Kier molecular flexibility index (Phi) is 3.61. The molecule has 0 aromatic carbocycles. The highest BCUT2D eigenvalue weighted by Gasteiger charge is 2.56. The quantitative estimate of drug-likeness (QED) is 0.753. The lowest BCUT2D eigenvalue weighted by Gasteiger charge is -2.62. The zero-order chi connectivity index (χ0) is 17.6. The number of carbonyl (C=O) groups excluding carboxylic acids is 1. The lowest BCUT2D eigenvalue weighted by molar-refractivity contribution is 0.00209. The smallest absolute Gasteiger partial charge is 0.252 e. The molecule has 3 saturated carbocycles. The molecular weight excluding hydrogens is 340 g/mol. The van der Waals surface area contributed by atoms with Crippen LogP contribution in [0, 0.1) is 5.92 Å². The maximum absolute atomic E-state index is 11.7. The molecule has 1 amide bonds. The van der Waals surface area contributed by atoms with E-state index in [-0.39, 0.29) is 5.54 Å². The molecule has 7 nitrogen and oxygen atoms in total. The van der Waals surface area contributed by atoms with Gasteiger partial charge in [0.25, 0.3) is 5.91 Å². The van der Waals surface area contributed by atoms with Gasteiger partial charge in [0.2, 0.25) is 0 Å². The summed E-state index contributed by atoms with van der Waals surface area (Å²) in [5.74, 6) is 0.699. The third-order valence-corrected chi connectivity index (χ3v) is 5.11. The van der Waals surface area contributed by atoms with Gasteiger partial charge >= 0.3 is 0 Å². The Bertz CT molecular complexity index is 862. The summed E-state index contributed by atoms with van der Waals surface area (Å²) < 4.78 is 0. The first-order valence-electron chi connectivity index (χ1n) is 7.98. The molecule has 8 heteroatoms. The van der Waals surface area contributed by atoms with Crippen LogP contribution in [0.1, 0.15) is 41.1 Å². The zero-order valence-electron chi connectivity index (χ0n) is 13.4. The van der Waals surface area contributed by atoms with Crippen molar-refractivity contribution in [2.45, 2.75) is 24.8 Å². The summed E-state index contributed by atoms with van der Waals surface area (Å²) in [5, 5.41) is 3.91. The first kappa shape index (κ1) is 15.8. The van der Waals surface area contributed by atoms with Crippen molar-refractivity contribution in [2.75, 3.05) is 5.32 Å². The summed E-state index contributed by atoms with van der Waals surface area (Å²) in [6.07, 6.45) is 9.22. The minimum atomic E-state index is -0.519. The van der Waals surface area contributed by atoms with Crippen molar-refractivity contribution in [3.05, 3.63) is 53.0 Å². The summed E-state index contributed by atoms with van der Waals surface area (Å²) in [4.78, 5) is 24.4. The van der Waals surface area contributed by atoms with Gasteiger partial charge in [-0.25, -0.2) is 9.97 Å². The standard InChI is InChI=1S/C17H17ClN6O/c18-10-6-22-16(23-7-10)11(5-19)13-1-14(12(8-21-13)15(20)25)24-17-2-9(3-17)4-17/h1,5-9H,2-4,19H2,(H2,20,25)(H,21,24). The van der Waals surface area contributed by atoms with Gasteiger partial charge in [0.05, 0.1) is 27.5 Å². The average Bonchev–Trinajstić information content (AvgIpc) is 2.52. The van der Waals surface area contributed by atoms with Gasteiger partial charge in [-0.1, -0.05) is 11.6 Å². The Morgan fingerprint density at radius 1 is 1.24 bits per heavy atom. The monoisotopic (exact) mass is 356 g/mol. The Balaban J connectivity index is 1.71. The van der Waals surface area contributed by atoms with Gasteiger partial charge < -0.3 is 16.8 Å². The molecule has 5 rings (SSSR count). The molecule has 2 bridgehead atoms. The Hall–Kier alpha value is -2.67. The van der Waals surface area contributed by atoms with Crippen LogP contribution in [0.5, 0.6) is 0 Å². The first-order chi connectivity index (χ1) is 12.0. The number of nitrogens with zero attached hydrogens (tertiary/aromatic N) is 3. The van der Waals surface area contributed by atoms with E-state index in [2.05, 4.69) is 20.3 Å². The first-order valence-corrected chi connectivity index (χ1v) is 8.36. The molecule has 3 fully saturated rings. The molecule has 2 heterocycles. The molecular formula is C17H17ClN6O. The fraction of sp³-hybridized carbons (Fsp3) is 0.294. The highest BCUT2D eigenvalue weighted by atomic mass is 35.5. The van der Waals surface area contributed by atoms with Crippen LogP contribution in [0.4, 0.5) is 5.69 Å². The number of carbonyl (C=O) groups is 1. The molecule has 3 aliphatic carbocycles. The second-order valence-corrected chi connectivity index (χ2v) is 7.10. The SMILES string of the molecule is NC=C(c1cc(NC23CC(C2)C3)c(C(N)=O)cn1)c1ncc(Cl)cn1. The van der Waals surface area contributed by atoms with Crippen molar-refractivity contribution < 1.29 is 4.79 Å². The molecule has 2 aromatic rings. The second kappa shape index (κ2) is 5.70. The Morgan fingerprint density at radius 3 is 2.44 bits per heavy atom. The number of amides is 1. The van der Waals surface area contributed by atoms with Gasteiger partial charge in [0.1, 0.15) is 0 Å². The normalized spacial score (nSPS) is 24.2. The van der Waals surface area contributed by atoms with E-state index in [1.165, 1.54) is 24.8 Å². The van der Waals surface area contributed by atoms with E-state index in [0.717, 1.165) is 25.2 Å². The van der Waals surface area contributed by atoms with Crippen LogP contribution in [-0.2, 0) is 0 Å². The number of nitrogens with two attached hydrogens (primary N) is 2. The van der Waals surface area contributed by atoms with Crippen molar-refractivity contribution in [3.8, 4) is 0 Å². The van der Waals surface area contributed by atoms with Gasteiger partial charge in [-0.15, -0.1) is 0 Å². The fourth-order valence-electron chi connectivity index (χ4n) is 3.55. The average molecular weight is 357 g/mol. The van der Waals surface area contributed by atoms with Crippen molar-refractivity contribution in [3.63, 3.8) is 0 Å². The van der Waals surface area contributed by atoms with Crippen LogP contribution in [0.15, 0.2) is 30.9 Å². The number of nitrogens with one attached hydrogen (secondary N) is 1. The van der Waals surface area contributed by atoms with Gasteiger partial charge in [-0.3, -0.25) is 9.78 Å². The molecule has 25 heavy (non-hydrogen) atoms. The number of aromatic nitrogens is 3. The molecule has 3 aliphatic rings. The number of halogens is 1. The molecule has 0 unspecified atom stereocenters. The van der Waals surface area contributed by atoms with Crippen LogP contribution >= 0.6 is 11.6 Å². The number of rotatable bonds is 5. The van der Waals surface area contributed by atoms with Crippen LogP contribution < -0.4 is 16.8 Å². The summed E-state index contributed by atoms with van der Waals surface area (Å²) in [6, 6.07) is 1.77. The van der Waals surface area contributed by atoms with E-state index in [0.29, 0.717) is 33.4 Å². The summed E-state index contributed by atoms with van der Waals surface area (Å²) in [6.45, 7) is 0. The predicted molar refractivity (Wildman–Crippen MR) is 94.8 cm³/mol. The number of pyridine rings is 1. The third-order valence-electron chi connectivity index (χ3n) is 4.91. The van der Waals surface area contributed by atoms with Crippen molar-refractivity contribution in [2.24, 2.45) is 17.4 Å². The minimum Gasteiger partial charge on any atom is -0.404 e. The number of hydrogen-bond acceptors (Lipinski definition) is 6. The van der Waals surface area contributed by atoms with E-state index in [1.54, 1.807) is 6.07 Å². The Labute approximate surface area is 149 Å². The summed E-state index contributed by atoms with van der Waals surface area (Å²) in [7, 11) is 0. The van der Waals surface area contributed by atoms with Gasteiger partial charge in [-0.2, -0.15) is 0 Å². The highest BCUT2D eigenvalue weighted by Crippen LogP contribution is 2.58. The molecule has 0 saturated heterocycles. The van der Waals surface area contributed by atoms with Crippen molar-refractivity contribution >= 4 is 28.8 Å². The largest absolute Gasteiger partial charge is 0.404 e. The van der Waals surface area contributed by atoms with Gasteiger partial charge in [-0.05, 0) is 31.2 Å².